The van der Waals surface area contributed by atoms with Crippen LogP contribution in [0.4, 0.5) is 0 Å². The molecule has 0 bridgehead atoms. The monoisotopic (exact) mass is 358 g/mol. The van der Waals surface area contributed by atoms with Crippen molar-refractivity contribution in [3.63, 3.8) is 0 Å². The summed E-state index contributed by atoms with van der Waals surface area (Å²) in [6.07, 6.45) is 0. The van der Waals surface area contributed by atoms with E-state index in [0.717, 1.165) is 0 Å². The fraction of sp³-hybridized carbons (Fsp3) is 0.500. The van der Waals surface area contributed by atoms with Gasteiger partial charge in [-0.2, -0.15) is 35.9 Å². The molecule has 0 saturated heterocycles. The van der Waals surface area contributed by atoms with E-state index in [9.17, 15) is 0 Å². The summed E-state index contributed by atoms with van der Waals surface area (Å²) in [6, 6.07) is 18.9. The van der Waals surface area contributed by atoms with Crippen LogP contribution < -0.4 is 0 Å². The molecule has 2 rings (SSSR count). The molecule has 0 aliphatic rings. The molecule has 0 saturated carbocycles. The molecule has 0 heterocycles. The summed E-state index contributed by atoms with van der Waals surface area (Å²) in [5.41, 5.74) is 2.20. The maximum absolute atomic E-state index is 2.40. The van der Waals surface area contributed by atoms with Crippen molar-refractivity contribution in [2.75, 3.05) is 0 Å². The van der Waals surface area contributed by atoms with Gasteiger partial charge in [0.05, 0.1) is 0 Å². The standard InChI is InChI=1S/C15H26P.C5H5.Fe/c1-12(13-10-8-9-11-13)16(14(2,3)4)15(5,6)7;1-2-4-5-3-1;/h8-12H,1-7H3;1-5H;/q2*-1;+2. The van der Waals surface area contributed by atoms with Gasteiger partial charge in [0, 0.05) is 0 Å². The second kappa shape index (κ2) is 9.07. The van der Waals surface area contributed by atoms with Crippen LogP contribution in [0.25, 0.3) is 0 Å². The zero-order valence-corrected chi connectivity index (χ0v) is 17.1. The fourth-order valence-electron chi connectivity index (χ4n) is 3.31. The summed E-state index contributed by atoms with van der Waals surface area (Å²) in [4.78, 5) is 0. The molecular weight excluding hydrogens is 327 g/mol. The van der Waals surface area contributed by atoms with Crippen molar-refractivity contribution >= 4 is 7.92 Å². The minimum absolute atomic E-state index is 0. The first kappa shape index (κ1) is 21.6. The van der Waals surface area contributed by atoms with Gasteiger partial charge in [-0.25, -0.2) is 24.3 Å². The summed E-state index contributed by atoms with van der Waals surface area (Å²) in [5.74, 6) is 0. The van der Waals surface area contributed by atoms with Gasteiger partial charge in [0.1, 0.15) is 0 Å². The van der Waals surface area contributed by atoms with Gasteiger partial charge in [0.2, 0.25) is 0 Å². The molecule has 0 aliphatic carbocycles. The summed E-state index contributed by atoms with van der Waals surface area (Å²) in [6.45, 7) is 16.8. The Morgan fingerprint density at radius 2 is 1.36 bits per heavy atom. The smallest absolute Gasteiger partial charge is 0.214 e. The van der Waals surface area contributed by atoms with Gasteiger partial charge in [0.25, 0.3) is 0 Å². The van der Waals surface area contributed by atoms with Crippen molar-refractivity contribution < 1.29 is 17.1 Å². The van der Waals surface area contributed by atoms with E-state index >= 15 is 0 Å². The van der Waals surface area contributed by atoms with Gasteiger partial charge in [0.15, 0.2) is 0 Å². The van der Waals surface area contributed by atoms with Crippen molar-refractivity contribution in [2.24, 2.45) is 0 Å². The molecule has 2 aromatic rings. The molecule has 2 heteroatoms. The van der Waals surface area contributed by atoms with Crippen LogP contribution in [0.15, 0.2) is 54.6 Å². The average Bonchev–Trinajstić information content (AvgIpc) is 3.02. The molecule has 0 N–H and O–H groups in total. The van der Waals surface area contributed by atoms with E-state index in [1.54, 1.807) is 0 Å². The van der Waals surface area contributed by atoms with E-state index < -0.39 is 0 Å². The molecule has 124 valence electrons. The predicted octanol–water partition coefficient (Wildman–Crippen LogP) is 6.95. The normalized spacial score (nSPS) is 13.1. The molecule has 2 aromatic carbocycles. The Morgan fingerprint density at radius 3 is 1.64 bits per heavy atom. The quantitative estimate of drug-likeness (QED) is 0.310. The van der Waals surface area contributed by atoms with Crippen molar-refractivity contribution in [1.29, 1.82) is 0 Å². The van der Waals surface area contributed by atoms with Crippen LogP contribution in [0.3, 0.4) is 0 Å². The number of rotatable bonds is 2. The summed E-state index contributed by atoms with van der Waals surface area (Å²) < 4.78 is 0. The predicted molar refractivity (Wildman–Crippen MR) is 98.9 cm³/mol. The number of hydrogen-bond acceptors (Lipinski definition) is 0. The van der Waals surface area contributed by atoms with E-state index in [1.807, 2.05) is 30.3 Å². The first-order valence-corrected chi connectivity index (χ1v) is 9.23. The van der Waals surface area contributed by atoms with Crippen LogP contribution in [0.5, 0.6) is 0 Å². The topological polar surface area (TPSA) is 0 Å². The van der Waals surface area contributed by atoms with Crippen LogP contribution in [-0.4, -0.2) is 10.3 Å². The minimum atomic E-state index is -0.0545. The Morgan fingerprint density at radius 1 is 0.864 bits per heavy atom. The van der Waals surface area contributed by atoms with Crippen LogP contribution in [-0.2, 0) is 17.1 Å². The van der Waals surface area contributed by atoms with Crippen molar-refractivity contribution in [3.05, 3.63) is 60.2 Å². The fourth-order valence-corrected chi connectivity index (χ4v) is 8.11. The first-order chi connectivity index (χ1) is 9.64. The second-order valence-electron chi connectivity index (χ2n) is 7.57. The Labute approximate surface area is 149 Å². The molecular formula is C20H31FeP. The Hall–Kier alpha value is -0.351. The van der Waals surface area contributed by atoms with Crippen molar-refractivity contribution in [1.82, 2.24) is 0 Å². The van der Waals surface area contributed by atoms with E-state index in [1.165, 1.54) is 5.56 Å². The van der Waals surface area contributed by atoms with Gasteiger partial charge in [-0.1, -0.05) is 56.4 Å². The third-order valence-corrected chi connectivity index (χ3v) is 7.52. The summed E-state index contributed by atoms with van der Waals surface area (Å²) in [5, 5.41) is 0.814. The molecule has 22 heavy (non-hydrogen) atoms. The molecule has 0 radical (unpaired) electrons. The Bertz CT molecular complexity index is 438. The molecule has 0 amide bonds. The number of hydrogen-bond donors (Lipinski definition) is 0. The van der Waals surface area contributed by atoms with Crippen molar-refractivity contribution in [3.8, 4) is 0 Å². The zero-order chi connectivity index (χ0) is 16.1. The molecule has 0 nitrogen and oxygen atoms in total. The third kappa shape index (κ3) is 6.82. The van der Waals surface area contributed by atoms with Crippen LogP contribution >= 0.6 is 7.92 Å². The molecule has 1 atom stereocenters. The van der Waals surface area contributed by atoms with Crippen molar-refractivity contribution in [2.45, 2.75) is 64.4 Å². The van der Waals surface area contributed by atoms with E-state index in [2.05, 4.69) is 72.7 Å². The maximum Gasteiger partial charge on any atom is 2.00 e. The van der Waals surface area contributed by atoms with Gasteiger partial charge in [-0.3, -0.25) is 0 Å². The average molecular weight is 358 g/mol. The largest absolute Gasteiger partial charge is 2.00 e. The molecule has 1 unspecified atom stereocenters. The zero-order valence-electron chi connectivity index (χ0n) is 15.1. The molecule has 0 spiro atoms. The van der Waals surface area contributed by atoms with Gasteiger partial charge in [-0.15, -0.1) is 0 Å². The Kier molecular flexibility index (Phi) is 8.92. The SMILES string of the molecule is CC(c1ccc[cH-]1)P(C(C)(C)C)C(C)(C)C.[Fe+2].c1cc[cH-]c1. The third-order valence-electron chi connectivity index (χ3n) is 3.56. The van der Waals surface area contributed by atoms with E-state index in [4.69, 9.17) is 0 Å². The van der Waals surface area contributed by atoms with Gasteiger partial charge < -0.3 is 0 Å². The summed E-state index contributed by atoms with van der Waals surface area (Å²) >= 11 is 0. The molecule has 0 fully saturated rings. The molecule has 0 aromatic heterocycles. The van der Waals surface area contributed by atoms with E-state index in [-0.39, 0.29) is 25.0 Å². The summed E-state index contributed by atoms with van der Waals surface area (Å²) in [7, 11) is -0.0545. The maximum atomic E-state index is 2.40. The van der Waals surface area contributed by atoms with Gasteiger partial charge >= 0.3 is 17.1 Å². The Balaban J connectivity index is 0.000000622. The minimum Gasteiger partial charge on any atom is -0.214 e. The first-order valence-electron chi connectivity index (χ1n) is 7.82. The van der Waals surface area contributed by atoms with E-state index in [0.29, 0.717) is 16.0 Å². The van der Waals surface area contributed by atoms with Gasteiger partial charge in [-0.05, 0) is 16.0 Å². The van der Waals surface area contributed by atoms with Crippen LogP contribution in [0.2, 0.25) is 0 Å². The van der Waals surface area contributed by atoms with Crippen LogP contribution in [0, 0.1) is 0 Å². The van der Waals surface area contributed by atoms with Crippen LogP contribution in [0.1, 0.15) is 59.7 Å². The molecule has 0 aliphatic heterocycles. The second-order valence-corrected chi connectivity index (χ2v) is 11.8.